The number of carbonyl (C=O) groups is 2. The van der Waals surface area contributed by atoms with Gasteiger partial charge in [-0.1, -0.05) is 31.2 Å². The second-order valence-corrected chi connectivity index (χ2v) is 6.28. The number of imidazole rings is 1. The van der Waals surface area contributed by atoms with Crippen molar-refractivity contribution < 1.29 is 14.3 Å². The van der Waals surface area contributed by atoms with E-state index in [1.54, 1.807) is 22.8 Å². The van der Waals surface area contributed by atoms with Crippen LogP contribution in [0.2, 0.25) is 0 Å². The van der Waals surface area contributed by atoms with Gasteiger partial charge in [0.25, 0.3) is 11.8 Å². The van der Waals surface area contributed by atoms with Crippen molar-refractivity contribution in [1.29, 1.82) is 0 Å². The summed E-state index contributed by atoms with van der Waals surface area (Å²) in [6.45, 7) is 4.77. The molecule has 0 spiro atoms. The molecule has 0 saturated carbocycles. The fraction of sp³-hybridized carbons (Fsp3) is 0.421. The Labute approximate surface area is 153 Å². The summed E-state index contributed by atoms with van der Waals surface area (Å²) in [5, 5.41) is 2.86. The Morgan fingerprint density at radius 1 is 1.23 bits per heavy atom. The van der Waals surface area contributed by atoms with Crippen molar-refractivity contribution in [3.63, 3.8) is 0 Å². The molecule has 2 aromatic rings. The molecule has 26 heavy (non-hydrogen) atoms. The molecule has 0 radical (unpaired) electrons. The molecule has 1 aromatic carbocycles. The first-order valence-electron chi connectivity index (χ1n) is 8.83. The fourth-order valence-corrected chi connectivity index (χ4v) is 2.92. The van der Waals surface area contributed by atoms with Crippen molar-refractivity contribution in [2.24, 2.45) is 0 Å². The summed E-state index contributed by atoms with van der Waals surface area (Å²) >= 11 is 0. The van der Waals surface area contributed by atoms with Gasteiger partial charge in [-0.15, -0.1) is 0 Å². The molecule has 3 rings (SSSR count). The van der Waals surface area contributed by atoms with Crippen LogP contribution in [0.1, 0.15) is 39.2 Å². The first-order chi connectivity index (χ1) is 12.6. The molecule has 1 N–H and O–H groups in total. The van der Waals surface area contributed by atoms with E-state index < -0.39 is 0 Å². The minimum absolute atomic E-state index is 0.164. The van der Waals surface area contributed by atoms with Crippen LogP contribution in [0.3, 0.4) is 0 Å². The largest absolute Gasteiger partial charge is 0.383 e. The smallest absolute Gasteiger partial charge is 0.290 e. The molecule has 1 aromatic heterocycles. The Balaban J connectivity index is 1.63. The molecule has 0 saturated heterocycles. The fourth-order valence-electron chi connectivity index (χ4n) is 2.92. The van der Waals surface area contributed by atoms with E-state index >= 15 is 0 Å². The van der Waals surface area contributed by atoms with Gasteiger partial charge in [0.2, 0.25) is 0 Å². The molecule has 0 bridgehead atoms. The minimum Gasteiger partial charge on any atom is -0.383 e. The Hall–Kier alpha value is -2.67. The van der Waals surface area contributed by atoms with E-state index in [0.717, 1.165) is 12.0 Å². The van der Waals surface area contributed by atoms with Crippen molar-refractivity contribution in [2.75, 3.05) is 26.8 Å². The molecule has 2 amide bonds. The zero-order valence-electron chi connectivity index (χ0n) is 15.2. The first-order valence-corrected chi connectivity index (χ1v) is 8.83. The van der Waals surface area contributed by atoms with Crippen LogP contribution in [-0.2, 0) is 24.2 Å². The SMILES string of the molecule is CCc1ccc(CNC(=O)c2cn3c(n2)C(=O)N(CCOC)CC3)cc1. The third kappa shape index (κ3) is 3.94. The van der Waals surface area contributed by atoms with Gasteiger partial charge in [0.15, 0.2) is 5.82 Å². The van der Waals surface area contributed by atoms with Gasteiger partial charge in [0.05, 0.1) is 6.61 Å². The van der Waals surface area contributed by atoms with Crippen LogP contribution in [0.15, 0.2) is 30.5 Å². The van der Waals surface area contributed by atoms with Gasteiger partial charge in [-0.2, -0.15) is 0 Å². The van der Waals surface area contributed by atoms with Gasteiger partial charge in [-0.25, -0.2) is 4.98 Å². The van der Waals surface area contributed by atoms with E-state index in [0.29, 0.717) is 38.6 Å². The molecule has 138 valence electrons. The van der Waals surface area contributed by atoms with Crippen molar-refractivity contribution in [3.05, 3.63) is 53.1 Å². The molecule has 0 atom stereocenters. The molecule has 2 heterocycles. The number of hydrogen-bond acceptors (Lipinski definition) is 4. The monoisotopic (exact) mass is 356 g/mol. The van der Waals surface area contributed by atoms with Crippen molar-refractivity contribution >= 4 is 11.8 Å². The summed E-state index contributed by atoms with van der Waals surface area (Å²) in [5.74, 6) is -0.130. The number of ether oxygens (including phenoxy) is 1. The maximum Gasteiger partial charge on any atom is 0.290 e. The van der Waals surface area contributed by atoms with E-state index in [9.17, 15) is 9.59 Å². The lowest BCUT2D eigenvalue weighted by atomic mass is 10.1. The predicted octanol–water partition coefficient (Wildman–Crippen LogP) is 1.48. The second-order valence-electron chi connectivity index (χ2n) is 6.28. The molecule has 0 unspecified atom stereocenters. The number of amides is 2. The zero-order valence-corrected chi connectivity index (χ0v) is 15.2. The standard InChI is InChI=1S/C19H24N4O3/c1-3-14-4-6-15(7-5-14)12-20-18(24)16-13-23-9-8-22(10-11-26-2)19(25)17(23)21-16/h4-7,13H,3,8-12H2,1-2H3,(H,20,24). The van der Waals surface area contributed by atoms with E-state index in [4.69, 9.17) is 4.74 Å². The lowest BCUT2D eigenvalue weighted by molar-refractivity contribution is 0.0633. The number of carbonyl (C=O) groups excluding carboxylic acids is 2. The quantitative estimate of drug-likeness (QED) is 0.815. The number of nitrogens with zero attached hydrogens (tertiary/aromatic N) is 3. The van der Waals surface area contributed by atoms with Crippen molar-refractivity contribution in [2.45, 2.75) is 26.4 Å². The zero-order chi connectivity index (χ0) is 18.5. The Kier molecular flexibility index (Phi) is 5.68. The van der Waals surface area contributed by atoms with Gasteiger partial charge in [0, 0.05) is 39.5 Å². The van der Waals surface area contributed by atoms with Crippen molar-refractivity contribution in [3.8, 4) is 0 Å². The van der Waals surface area contributed by atoms with E-state index in [-0.39, 0.29) is 17.5 Å². The van der Waals surface area contributed by atoms with E-state index in [1.165, 1.54) is 5.56 Å². The highest BCUT2D eigenvalue weighted by Crippen LogP contribution is 2.13. The molecule has 7 heteroatoms. The summed E-state index contributed by atoms with van der Waals surface area (Å²) in [6, 6.07) is 8.14. The minimum atomic E-state index is -0.275. The van der Waals surface area contributed by atoms with Crippen LogP contribution >= 0.6 is 0 Å². The van der Waals surface area contributed by atoms with Gasteiger partial charge in [0.1, 0.15) is 5.69 Å². The highest BCUT2D eigenvalue weighted by molar-refractivity contribution is 5.96. The molecule has 0 fully saturated rings. The van der Waals surface area contributed by atoms with Crippen LogP contribution < -0.4 is 5.32 Å². The highest BCUT2D eigenvalue weighted by atomic mass is 16.5. The number of aryl methyl sites for hydroxylation is 1. The van der Waals surface area contributed by atoms with Crippen LogP contribution in [0, 0.1) is 0 Å². The molecule has 1 aliphatic heterocycles. The number of benzene rings is 1. The van der Waals surface area contributed by atoms with E-state index in [2.05, 4.69) is 29.4 Å². The normalized spacial score (nSPS) is 13.6. The Morgan fingerprint density at radius 2 is 1.96 bits per heavy atom. The number of fused-ring (bicyclic) bond motifs is 1. The van der Waals surface area contributed by atoms with Crippen molar-refractivity contribution in [1.82, 2.24) is 19.8 Å². The van der Waals surface area contributed by atoms with Crippen LogP contribution in [0.4, 0.5) is 0 Å². The van der Waals surface area contributed by atoms with Gasteiger partial charge >= 0.3 is 0 Å². The number of methoxy groups -OCH3 is 1. The number of hydrogen-bond donors (Lipinski definition) is 1. The molecular formula is C19H24N4O3. The molecular weight excluding hydrogens is 332 g/mol. The molecule has 7 nitrogen and oxygen atoms in total. The maximum absolute atomic E-state index is 12.5. The Bertz CT molecular complexity index is 783. The maximum atomic E-state index is 12.5. The van der Waals surface area contributed by atoms with Crippen LogP contribution in [0.5, 0.6) is 0 Å². The summed E-state index contributed by atoms with van der Waals surface area (Å²) in [6.07, 6.45) is 2.64. The van der Waals surface area contributed by atoms with Crippen LogP contribution in [-0.4, -0.2) is 53.1 Å². The molecule has 0 aliphatic carbocycles. The van der Waals surface area contributed by atoms with Gasteiger partial charge in [-0.05, 0) is 17.5 Å². The number of nitrogens with one attached hydrogen (secondary N) is 1. The number of rotatable bonds is 7. The third-order valence-corrected chi connectivity index (χ3v) is 4.55. The first kappa shape index (κ1) is 18.1. The summed E-state index contributed by atoms with van der Waals surface area (Å²) in [4.78, 5) is 30.8. The predicted molar refractivity (Wildman–Crippen MR) is 97.0 cm³/mol. The summed E-state index contributed by atoms with van der Waals surface area (Å²) in [7, 11) is 1.60. The lowest BCUT2D eigenvalue weighted by Crippen LogP contribution is -2.42. The van der Waals surface area contributed by atoms with Crippen LogP contribution in [0.25, 0.3) is 0 Å². The highest BCUT2D eigenvalue weighted by Gasteiger charge is 2.27. The van der Waals surface area contributed by atoms with E-state index in [1.807, 2.05) is 12.1 Å². The summed E-state index contributed by atoms with van der Waals surface area (Å²) in [5.41, 5.74) is 2.56. The topological polar surface area (TPSA) is 76.5 Å². The number of aromatic nitrogens is 2. The second kappa shape index (κ2) is 8.14. The lowest BCUT2D eigenvalue weighted by Gasteiger charge is -2.26. The summed E-state index contributed by atoms with van der Waals surface area (Å²) < 4.78 is 6.77. The van der Waals surface area contributed by atoms with Gasteiger partial charge < -0.3 is 19.5 Å². The molecule has 1 aliphatic rings. The third-order valence-electron chi connectivity index (χ3n) is 4.55. The van der Waals surface area contributed by atoms with Gasteiger partial charge in [-0.3, -0.25) is 9.59 Å². The average Bonchev–Trinajstić information content (AvgIpc) is 3.11. The Morgan fingerprint density at radius 3 is 2.65 bits per heavy atom. The average molecular weight is 356 g/mol.